The van der Waals surface area contributed by atoms with Crippen molar-refractivity contribution in [1.82, 2.24) is 0 Å². The van der Waals surface area contributed by atoms with Gasteiger partial charge in [-0.15, -0.1) is 0 Å². The van der Waals surface area contributed by atoms with E-state index < -0.39 is 23.9 Å². The number of nitrogens with two attached hydrogens (primary N) is 4. The largest absolute Gasteiger partial charge is 0.478 e. The first-order valence-corrected chi connectivity index (χ1v) is 15.5. The Balaban J connectivity index is 0.000000201. The van der Waals surface area contributed by atoms with Crippen LogP contribution in [-0.2, 0) is 0 Å². The number of rotatable bonds is 8. The summed E-state index contributed by atoms with van der Waals surface area (Å²) in [6.07, 6.45) is 0. The van der Waals surface area contributed by atoms with E-state index in [-0.39, 0.29) is 22.3 Å². The van der Waals surface area contributed by atoms with Crippen LogP contribution in [0.1, 0.15) is 41.4 Å². The summed E-state index contributed by atoms with van der Waals surface area (Å²) in [5, 5.41) is 37.7. The van der Waals surface area contributed by atoms with E-state index in [2.05, 4.69) is 0 Å². The van der Waals surface area contributed by atoms with Crippen LogP contribution in [0.25, 0.3) is 44.5 Å². The first-order chi connectivity index (χ1) is 24.8. The first kappa shape index (κ1) is 35.7. The number of nitrogen functional groups attached to an aromatic ring is 4. The highest BCUT2D eigenvalue weighted by Gasteiger charge is 2.19. The maximum atomic E-state index is 11.5. The van der Waals surface area contributed by atoms with Crippen LogP contribution in [0.5, 0.6) is 0 Å². The molecule has 0 saturated carbocycles. The van der Waals surface area contributed by atoms with Crippen molar-refractivity contribution in [3.05, 3.63) is 144 Å². The van der Waals surface area contributed by atoms with Crippen LogP contribution in [0, 0.1) is 0 Å². The standard InChI is InChI=1S/2C20H16N2O4/c21-15-8-2-6-13(19(23)24)17(15)11-4-1-5-12(10-11)18-14(20(25)26)7-3-9-16(18)22;21-13-4-6-15(19(23)24)17(9-13)11-2-1-3-12(8-11)18-10-14(22)5-7-16(18)20(25)26/h2*1-10H,21-22H2,(H,23,24)(H,25,26). The van der Waals surface area contributed by atoms with E-state index in [0.29, 0.717) is 67.3 Å². The third-order valence-corrected chi connectivity index (χ3v) is 8.13. The third kappa shape index (κ3) is 7.51. The molecule has 0 spiro atoms. The molecule has 0 fully saturated rings. The number of benzene rings is 6. The van der Waals surface area contributed by atoms with Gasteiger partial charge in [0.25, 0.3) is 0 Å². The van der Waals surface area contributed by atoms with Gasteiger partial charge in [-0.25, -0.2) is 19.2 Å². The second-order valence-corrected chi connectivity index (χ2v) is 11.5. The topological polar surface area (TPSA) is 253 Å². The molecule has 0 atom stereocenters. The zero-order valence-corrected chi connectivity index (χ0v) is 27.3. The predicted molar refractivity (Wildman–Crippen MR) is 200 cm³/mol. The fourth-order valence-electron chi connectivity index (χ4n) is 5.80. The van der Waals surface area contributed by atoms with E-state index in [0.717, 1.165) is 0 Å². The lowest BCUT2D eigenvalue weighted by molar-refractivity contribution is 0.0687. The third-order valence-electron chi connectivity index (χ3n) is 8.13. The van der Waals surface area contributed by atoms with Gasteiger partial charge in [0.05, 0.1) is 22.3 Å². The molecule has 12 N–H and O–H groups in total. The van der Waals surface area contributed by atoms with Crippen molar-refractivity contribution in [2.45, 2.75) is 0 Å². The smallest absolute Gasteiger partial charge is 0.336 e. The molecule has 260 valence electrons. The number of carbonyl (C=O) groups is 4. The SMILES string of the molecule is Nc1ccc(C(=O)O)c(-c2cccc(-c3cc(N)ccc3C(=O)O)c2)c1.Nc1cccc(C(=O)O)c1-c1cccc(-c2c(N)cccc2C(=O)O)c1. The molecular weight excluding hydrogens is 664 g/mol. The molecule has 6 rings (SSSR count). The van der Waals surface area contributed by atoms with Crippen molar-refractivity contribution in [2.24, 2.45) is 0 Å². The average molecular weight is 697 g/mol. The van der Waals surface area contributed by atoms with Gasteiger partial charge < -0.3 is 43.4 Å². The maximum Gasteiger partial charge on any atom is 0.336 e. The average Bonchev–Trinajstić information content (AvgIpc) is 3.11. The Hall–Kier alpha value is -7.60. The lowest BCUT2D eigenvalue weighted by atomic mass is 9.92. The van der Waals surface area contributed by atoms with Gasteiger partial charge in [-0.2, -0.15) is 0 Å². The molecule has 0 aliphatic heterocycles. The quantitative estimate of drug-likeness (QED) is 0.0738. The minimum absolute atomic E-state index is 0.0710. The lowest BCUT2D eigenvalue weighted by Crippen LogP contribution is -2.04. The number of hydrogen-bond donors (Lipinski definition) is 8. The Morgan fingerprint density at radius 1 is 0.365 bits per heavy atom. The lowest BCUT2D eigenvalue weighted by Gasteiger charge is -2.14. The Morgan fingerprint density at radius 3 is 1.06 bits per heavy atom. The van der Waals surface area contributed by atoms with E-state index >= 15 is 0 Å². The van der Waals surface area contributed by atoms with Crippen LogP contribution in [0.4, 0.5) is 22.7 Å². The maximum absolute atomic E-state index is 11.5. The summed E-state index contributed by atoms with van der Waals surface area (Å²) in [7, 11) is 0. The summed E-state index contributed by atoms with van der Waals surface area (Å²) in [6, 6.07) is 32.2. The van der Waals surface area contributed by atoms with Gasteiger partial charge in [-0.3, -0.25) is 0 Å². The Kier molecular flexibility index (Phi) is 10.2. The molecule has 12 heteroatoms. The Morgan fingerprint density at radius 2 is 0.692 bits per heavy atom. The Bertz CT molecular complexity index is 2230. The molecule has 0 unspecified atom stereocenters. The summed E-state index contributed by atoms with van der Waals surface area (Å²) in [4.78, 5) is 46.1. The van der Waals surface area contributed by atoms with Gasteiger partial charge in [-0.1, -0.05) is 48.5 Å². The van der Waals surface area contributed by atoms with Crippen molar-refractivity contribution in [2.75, 3.05) is 22.9 Å². The molecule has 0 aliphatic rings. The van der Waals surface area contributed by atoms with Crippen molar-refractivity contribution in [1.29, 1.82) is 0 Å². The number of aromatic carboxylic acids is 4. The van der Waals surface area contributed by atoms with Crippen LogP contribution in [0.15, 0.2) is 121 Å². The number of hydrogen-bond acceptors (Lipinski definition) is 8. The van der Waals surface area contributed by atoms with E-state index in [1.807, 2.05) is 0 Å². The summed E-state index contributed by atoms with van der Waals surface area (Å²) in [5.74, 6) is -4.33. The Labute approximate surface area is 296 Å². The van der Waals surface area contributed by atoms with Gasteiger partial charge in [0.2, 0.25) is 0 Å². The molecule has 0 radical (unpaired) electrons. The highest BCUT2D eigenvalue weighted by molar-refractivity contribution is 6.03. The number of anilines is 4. The van der Waals surface area contributed by atoms with E-state index in [4.69, 9.17) is 22.9 Å². The molecule has 0 amide bonds. The van der Waals surface area contributed by atoms with Crippen LogP contribution in [0.3, 0.4) is 0 Å². The highest BCUT2D eigenvalue weighted by Crippen LogP contribution is 2.36. The fourth-order valence-corrected chi connectivity index (χ4v) is 5.80. The minimum atomic E-state index is -1.09. The summed E-state index contributed by atoms with van der Waals surface area (Å²) >= 11 is 0. The summed E-state index contributed by atoms with van der Waals surface area (Å²) in [5.41, 5.74) is 29.6. The van der Waals surface area contributed by atoms with Crippen LogP contribution in [0.2, 0.25) is 0 Å². The van der Waals surface area contributed by atoms with Crippen molar-refractivity contribution in [3.8, 4) is 44.5 Å². The second kappa shape index (κ2) is 14.9. The molecule has 0 aromatic heterocycles. The van der Waals surface area contributed by atoms with Crippen LogP contribution >= 0.6 is 0 Å². The number of carboxylic acid groups (broad SMARTS) is 4. The van der Waals surface area contributed by atoms with Gasteiger partial charge in [0.15, 0.2) is 0 Å². The molecular formula is C40H32N4O8. The molecule has 52 heavy (non-hydrogen) atoms. The van der Waals surface area contributed by atoms with Crippen LogP contribution in [-0.4, -0.2) is 44.3 Å². The summed E-state index contributed by atoms with van der Waals surface area (Å²) < 4.78 is 0. The second-order valence-electron chi connectivity index (χ2n) is 11.5. The van der Waals surface area contributed by atoms with Crippen LogP contribution < -0.4 is 22.9 Å². The molecule has 0 bridgehead atoms. The van der Waals surface area contributed by atoms with Gasteiger partial charge in [-0.05, 0) is 106 Å². The van der Waals surface area contributed by atoms with Crippen molar-refractivity contribution >= 4 is 46.6 Å². The molecule has 12 nitrogen and oxygen atoms in total. The highest BCUT2D eigenvalue weighted by atomic mass is 16.4. The van der Waals surface area contributed by atoms with Crippen molar-refractivity contribution in [3.63, 3.8) is 0 Å². The monoisotopic (exact) mass is 696 g/mol. The predicted octanol–water partition coefficient (Wildman–Crippen LogP) is 7.16. The van der Waals surface area contributed by atoms with E-state index in [1.54, 1.807) is 84.9 Å². The van der Waals surface area contributed by atoms with E-state index in [1.165, 1.54) is 36.4 Å². The zero-order chi connectivity index (χ0) is 37.7. The van der Waals surface area contributed by atoms with Gasteiger partial charge >= 0.3 is 23.9 Å². The molecule has 0 aliphatic carbocycles. The fraction of sp³-hybridized carbons (Fsp3) is 0. The molecule has 0 saturated heterocycles. The normalized spacial score (nSPS) is 10.5. The van der Waals surface area contributed by atoms with E-state index in [9.17, 15) is 39.6 Å². The number of carboxylic acids is 4. The summed E-state index contributed by atoms with van der Waals surface area (Å²) in [6.45, 7) is 0. The zero-order valence-electron chi connectivity index (χ0n) is 27.3. The van der Waals surface area contributed by atoms with Gasteiger partial charge in [0, 0.05) is 33.9 Å². The molecule has 0 heterocycles. The minimum Gasteiger partial charge on any atom is -0.478 e. The molecule has 6 aromatic rings. The van der Waals surface area contributed by atoms with Crippen molar-refractivity contribution < 1.29 is 39.6 Å². The van der Waals surface area contributed by atoms with Gasteiger partial charge in [0.1, 0.15) is 0 Å². The first-order valence-electron chi connectivity index (χ1n) is 15.5. The molecule has 6 aromatic carbocycles.